The molecule has 1 saturated heterocycles. The van der Waals surface area contributed by atoms with Gasteiger partial charge in [-0.1, -0.05) is 6.07 Å². The van der Waals surface area contributed by atoms with Crippen LogP contribution in [-0.4, -0.2) is 19.0 Å². The Kier molecular flexibility index (Phi) is 3.66. The lowest BCUT2D eigenvalue weighted by atomic mass is 9.79. The van der Waals surface area contributed by atoms with Gasteiger partial charge in [0.15, 0.2) is 0 Å². The second-order valence-corrected chi connectivity index (χ2v) is 4.97. The number of carbonyl (C=O) groups is 1. The van der Waals surface area contributed by atoms with E-state index in [9.17, 15) is 9.18 Å². The van der Waals surface area contributed by atoms with Crippen molar-refractivity contribution in [3.8, 4) is 0 Å². The van der Waals surface area contributed by atoms with Gasteiger partial charge in [0.05, 0.1) is 5.54 Å². The summed E-state index contributed by atoms with van der Waals surface area (Å²) in [6.07, 6.45) is 1.66. The van der Waals surface area contributed by atoms with Gasteiger partial charge in [-0.15, -0.1) is 0 Å². The van der Waals surface area contributed by atoms with Crippen molar-refractivity contribution >= 4 is 5.91 Å². The molecule has 0 atom stereocenters. The van der Waals surface area contributed by atoms with Gasteiger partial charge in [-0.05, 0) is 56.1 Å². The van der Waals surface area contributed by atoms with Gasteiger partial charge in [-0.3, -0.25) is 4.79 Å². The molecule has 1 aliphatic rings. The molecule has 1 amide bonds. The molecule has 3 nitrogen and oxygen atoms in total. The van der Waals surface area contributed by atoms with Crippen molar-refractivity contribution < 1.29 is 9.18 Å². The number of hydrogen-bond donors (Lipinski definition) is 2. The van der Waals surface area contributed by atoms with E-state index in [2.05, 4.69) is 10.6 Å². The van der Waals surface area contributed by atoms with E-state index in [-0.39, 0.29) is 17.3 Å². The number of nitrogens with one attached hydrogen (secondary N) is 2. The second-order valence-electron chi connectivity index (χ2n) is 4.97. The normalized spacial score (nSPS) is 18.4. The maximum atomic E-state index is 13.2. The molecule has 1 heterocycles. The van der Waals surface area contributed by atoms with Crippen LogP contribution in [0.5, 0.6) is 0 Å². The third-order valence-electron chi connectivity index (χ3n) is 3.58. The average Bonchev–Trinajstić information content (AvgIpc) is 2.28. The molecule has 0 aliphatic carbocycles. The Balaban J connectivity index is 2.41. The van der Waals surface area contributed by atoms with E-state index in [4.69, 9.17) is 0 Å². The summed E-state index contributed by atoms with van der Waals surface area (Å²) in [5.41, 5.74) is 1.57. The maximum absolute atomic E-state index is 13.2. The number of hydrogen-bond acceptors (Lipinski definition) is 2. The van der Waals surface area contributed by atoms with Crippen LogP contribution in [0.4, 0.5) is 4.39 Å². The Morgan fingerprint density at radius 3 is 2.61 bits per heavy atom. The molecular weight excluding hydrogens is 231 g/mol. The highest BCUT2D eigenvalue weighted by Crippen LogP contribution is 2.33. The zero-order valence-electron chi connectivity index (χ0n) is 10.8. The first-order chi connectivity index (χ1) is 8.53. The molecule has 0 radical (unpaired) electrons. The Labute approximate surface area is 107 Å². The van der Waals surface area contributed by atoms with Gasteiger partial charge in [0, 0.05) is 6.92 Å². The van der Waals surface area contributed by atoms with E-state index >= 15 is 0 Å². The predicted octanol–water partition coefficient (Wildman–Crippen LogP) is 1.85. The predicted molar refractivity (Wildman–Crippen MR) is 68.7 cm³/mol. The molecule has 2 N–H and O–H groups in total. The lowest BCUT2D eigenvalue weighted by Gasteiger charge is -2.39. The molecule has 4 heteroatoms. The van der Waals surface area contributed by atoms with E-state index in [1.165, 1.54) is 19.1 Å². The Hall–Kier alpha value is -1.42. The Bertz CT molecular complexity index is 453. The second kappa shape index (κ2) is 5.06. The summed E-state index contributed by atoms with van der Waals surface area (Å²) in [6, 6.07) is 4.79. The van der Waals surface area contributed by atoms with Crippen LogP contribution in [0.2, 0.25) is 0 Å². The number of benzene rings is 1. The number of halogens is 1. The molecule has 1 aromatic carbocycles. The number of rotatable bonds is 2. The molecule has 18 heavy (non-hydrogen) atoms. The Morgan fingerprint density at radius 2 is 2.06 bits per heavy atom. The van der Waals surface area contributed by atoms with Crippen LogP contribution in [0.25, 0.3) is 0 Å². The topological polar surface area (TPSA) is 41.1 Å². The third kappa shape index (κ3) is 2.53. The minimum Gasteiger partial charge on any atom is -0.347 e. The van der Waals surface area contributed by atoms with E-state index in [1.807, 2.05) is 6.92 Å². The first kappa shape index (κ1) is 13.0. The molecule has 0 spiro atoms. The van der Waals surface area contributed by atoms with Gasteiger partial charge in [0.2, 0.25) is 5.91 Å². The van der Waals surface area contributed by atoms with Gasteiger partial charge in [-0.25, -0.2) is 4.39 Å². The summed E-state index contributed by atoms with van der Waals surface area (Å²) < 4.78 is 13.2. The van der Waals surface area contributed by atoms with Crippen molar-refractivity contribution in [3.63, 3.8) is 0 Å². The van der Waals surface area contributed by atoms with Gasteiger partial charge in [-0.2, -0.15) is 0 Å². The average molecular weight is 250 g/mol. The standard InChI is InChI=1S/C14H19FN2O/c1-10-9-12(15)3-4-13(10)14(17-11(2)18)5-7-16-8-6-14/h3-4,9,16H,5-8H2,1-2H3,(H,17,18). The van der Waals surface area contributed by atoms with Crippen LogP contribution < -0.4 is 10.6 Å². The molecule has 0 unspecified atom stereocenters. The minimum atomic E-state index is -0.352. The highest BCUT2D eigenvalue weighted by molar-refractivity contribution is 5.74. The largest absolute Gasteiger partial charge is 0.347 e. The van der Waals surface area contributed by atoms with Crippen molar-refractivity contribution in [2.75, 3.05) is 13.1 Å². The summed E-state index contributed by atoms with van der Waals surface area (Å²) in [4.78, 5) is 11.5. The first-order valence-corrected chi connectivity index (χ1v) is 6.30. The summed E-state index contributed by atoms with van der Waals surface area (Å²) in [5.74, 6) is -0.274. The number of amides is 1. The lowest BCUT2D eigenvalue weighted by molar-refractivity contribution is -0.121. The van der Waals surface area contributed by atoms with E-state index in [0.29, 0.717) is 0 Å². The fraction of sp³-hybridized carbons (Fsp3) is 0.500. The highest BCUT2D eigenvalue weighted by atomic mass is 19.1. The van der Waals surface area contributed by atoms with Gasteiger partial charge in [0.1, 0.15) is 5.82 Å². The summed E-state index contributed by atoms with van der Waals surface area (Å²) in [6.45, 7) is 5.14. The SMILES string of the molecule is CC(=O)NC1(c2ccc(F)cc2C)CCNCC1. The van der Waals surface area contributed by atoms with E-state index in [1.54, 1.807) is 6.07 Å². The lowest BCUT2D eigenvalue weighted by Crippen LogP contribution is -2.51. The van der Waals surface area contributed by atoms with E-state index in [0.717, 1.165) is 37.1 Å². The molecule has 2 rings (SSSR count). The molecule has 0 bridgehead atoms. The van der Waals surface area contributed by atoms with Crippen LogP contribution in [0.15, 0.2) is 18.2 Å². The molecule has 1 aromatic rings. The smallest absolute Gasteiger partial charge is 0.217 e. The fourth-order valence-corrected chi connectivity index (χ4v) is 2.82. The van der Waals surface area contributed by atoms with Crippen LogP contribution in [-0.2, 0) is 10.3 Å². The quantitative estimate of drug-likeness (QED) is 0.841. The van der Waals surface area contributed by atoms with Gasteiger partial charge >= 0.3 is 0 Å². The molecule has 98 valence electrons. The fourth-order valence-electron chi connectivity index (χ4n) is 2.82. The van der Waals surface area contributed by atoms with Crippen LogP contribution in [0, 0.1) is 12.7 Å². The summed E-state index contributed by atoms with van der Waals surface area (Å²) in [5, 5.41) is 6.36. The van der Waals surface area contributed by atoms with Crippen molar-refractivity contribution in [1.82, 2.24) is 10.6 Å². The molecule has 1 aliphatic heterocycles. The zero-order chi connectivity index (χ0) is 13.2. The van der Waals surface area contributed by atoms with Crippen LogP contribution >= 0.6 is 0 Å². The molecular formula is C14H19FN2O. The van der Waals surface area contributed by atoms with Gasteiger partial charge < -0.3 is 10.6 Å². The van der Waals surface area contributed by atoms with E-state index < -0.39 is 0 Å². The van der Waals surface area contributed by atoms with Crippen molar-refractivity contribution in [3.05, 3.63) is 35.1 Å². The first-order valence-electron chi connectivity index (χ1n) is 6.30. The maximum Gasteiger partial charge on any atom is 0.217 e. The molecule has 0 aromatic heterocycles. The summed E-state index contributed by atoms with van der Waals surface area (Å²) >= 11 is 0. The molecule has 0 saturated carbocycles. The minimum absolute atomic E-state index is 0.0411. The number of carbonyl (C=O) groups excluding carboxylic acids is 1. The van der Waals surface area contributed by atoms with Crippen LogP contribution in [0.3, 0.4) is 0 Å². The zero-order valence-corrected chi connectivity index (χ0v) is 10.8. The van der Waals surface area contributed by atoms with Crippen molar-refractivity contribution in [2.45, 2.75) is 32.2 Å². The summed E-state index contributed by atoms with van der Waals surface area (Å²) in [7, 11) is 0. The number of piperidine rings is 1. The van der Waals surface area contributed by atoms with Crippen molar-refractivity contribution in [2.24, 2.45) is 0 Å². The highest BCUT2D eigenvalue weighted by Gasteiger charge is 2.35. The van der Waals surface area contributed by atoms with Gasteiger partial charge in [0.25, 0.3) is 0 Å². The monoisotopic (exact) mass is 250 g/mol. The van der Waals surface area contributed by atoms with Crippen molar-refractivity contribution in [1.29, 1.82) is 0 Å². The van der Waals surface area contributed by atoms with Crippen LogP contribution in [0.1, 0.15) is 30.9 Å². The third-order valence-corrected chi connectivity index (χ3v) is 3.58. The number of aryl methyl sites for hydroxylation is 1. The molecule has 1 fully saturated rings. The Morgan fingerprint density at radius 1 is 1.39 bits per heavy atom.